The fraction of sp³-hybridized carbons (Fsp3) is 0.273. The Morgan fingerprint density at radius 2 is 2.12 bits per heavy atom. The molecule has 1 aromatic heterocycles. The topological polar surface area (TPSA) is 53.2 Å². The minimum absolute atomic E-state index is 0.0876. The maximum Gasteiger partial charge on any atom is 0.262 e. The van der Waals surface area contributed by atoms with Gasteiger partial charge in [-0.25, -0.2) is 0 Å². The van der Waals surface area contributed by atoms with Crippen LogP contribution in [0.5, 0.6) is 0 Å². The van der Waals surface area contributed by atoms with E-state index in [4.69, 9.17) is 0 Å². The van der Waals surface area contributed by atoms with Crippen LogP contribution in [0.3, 0.4) is 0 Å². The largest absolute Gasteiger partial charge is 0.383 e. The van der Waals surface area contributed by atoms with Crippen LogP contribution >= 0.6 is 15.9 Å². The minimum atomic E-state index is -0.247. The highest BCUT2D eigenvalue weighted by Crippen LogP contribution is 2.12. The summed E-state index contributed by atoms with van der Waals surface area (Å²) in [6.45, 7) is 1.47. The Bertz CT molecular complexity index is 489. The summed E-state index contributed by atoms with van der Waals surface area (Å²) in [4.78, 5) is 27.2. The monoisotopic (exact) mass is 284 g/mol. The van der Waals surface area contributed by atoms with Gasteiger partial charge in [-0.2, -0.15) is 0 Å². The lowest BCUT2D eigenvalue weighted by Gasteiger charge is -2.06. The van der Waals surface area contributed by atoms with Crippen molar-refractivity contribution in [3.63, 3.8) is 0 Å². The summed E-state index contributed by atoms with van der Waals surface area (Å²) in [5.41, 5.74) is 0.766. The number of ketones is 1. The van der Waals surface area contributed by atoms with E-state index in [1.54, 1.807) is 12.3 Å². The molecule has 5 heteroatoms. The van der Waals surface area contributed by atoms with Crippen LogP contribution in [0, 0.1) is 0 Å². The van der Waals surface area contributed by atoms with Crippen LogP contribution in [-0.4, -0.2) is 29.8 Å². The van der Waals surface area contributed by atoms with Crippen molar-refractivity contribution in [2.75, 3.05) is 14.1 Å². The molecule has 0 amide bonds. The molecule has 0 aliphatic rings. The van der Waals surface area contributed by atoms with E-state index in [9.17, 15) is 9.59 Å². The molecule has 1 aromatic rings. The molecule has 4 nitrogen and oxygen atoms in total. The highest BCUT2D eigenvalue weighted by atomic mass is 79.9. The molecule has 0 saturated heterocycles. The molecule has 0 unspecified atom stereocenters. The van der Waals surface area contributed by atoms with Crippen LogP contribution < -0.4 is 5.56 Å². The highest BCUT2D eigenvalue weighted by Gasteiger charge is 2.08. The SMILES string of the molecule is CC(=O)c1cc(Br)c(=O)[nH]c1/C=C/N(C)C. The molecule has 0 fully saturated rings. The van der Waals surface area contributed by atoms with Crippen LogP contribution in [0.15, 0.2) is 21.5 Å². The van der Waals surface area contributed by atoms with Crippen molar-refractivity contribution in [1.29, 1.82) is 0 Å². The van der Waals surface area contributed by atoms with Gasteiger partial charge in [-0.1, -0.05) is 0 Å². The number of rotatable bonds is 3. The molecule has 1 rings (SSSR count). The zero-order chi connectivity index (χ0) is 12.3. The van der Waals surface area contributed by atoms with Crippen molar-refractivity contribution in [2.24, 2.45) is 0 Å². The number of H-pyrrole nitrogens is 1. The first-order chi connectivity index (χ1) is 7.41. The number of hydrogen-bond acceptors (Lipinski definition) is 3. The number of Topliss-reactive ketones (excluding diaryl/α,β-unsaturated/α-hetero) is 1. The maximum atomic E-state index is 11.4. The van der Waals surface area contributed by atoms with E-state index in [0.717, 1.165) is 0 Å². The summed E-state index contributed by atoms with van der Waals surface area (Å²) >= 11 is 3.10. The lowest BCUT2D eigenvalue weighted by Crippen LogP contribution is -2.12. The highest BCUT2D eigenvalue weighted by molar-refractivity contribution is 9.10. The summed E-state index contributed by atoms with van der Waals surface area (Å²) in [6.07, 6.45) is 3.47. The van der Waals surface area contributed by atoms with Gasteiger partial charge in [0.1, 0.15) is 0 Å². The lowest BCUT2D eigenvalue weighted by atomic mass is 10.1. The van der Waals surface area contributed by atoms with Crippen LogP contribution in [0.2, 0.25) is 0 Å². The first-order valence-electron chi connectivity index (χ1n) is 4.70. The smallest absolute Gasteiger partial charge is 0.262 e. The second-order valence-electron chi connectivity index (χ2n) is 3.61. The summed E-state index contributed by atoms with van der Waals surface area (Å²) < 4.78 is 0.361. The first-order valence-corrected chi connectivity index (χ1v) is 5.49. The Kier molecular flexibility index (Phi) is 4.06. The summed E-state index contributed by atoms with van der Waals surface area (Å²) in [5.74, 6) is -0.0876. The van der Waals surface area contributed by atoms with Gasteiger partial charge in [0.2, 0.25) is 0 Å². The van der Waals surface area contributed by atoms with Crippen molar-refractivity contribution in [3.05, 3.63) is 38.4 Å². The molecule has 0 aromatic carbocycles. The minimum Gasteiger partial charge on any atom is -0.383 e. The van der Waals surface area contributed by atoms with Crippen molar-refractivity contribution >= 4 is 27.8 Å². The Hall–Kier alpha value is -1.36. The summed E-state index contributed by atoms with van der Waals surface area (Å²) in [6, 6.07) is 1.54. The zero-order valence-corrected chi connectivity index (χ0v) is 11.0. The molecule has 0 aliphatic heterocycles. The molecule has 0 radical (unpaired) electrons. The number of aromatic amines is 1. The molecule has 0 bridgehead atoms. The van der Waals surface area contributed by atoms with E-state index in [1.807, 2.05) is 19.0 Å². The predicted molar refractivity (Wildman–Crippen MR) is 67.5 cm³/mol. The third-order valence-electron chi connectivity index (χ3n) is 1.94. The van der Waals surface area contributed by atoms with Crippen molar-refractivity contribution in [3.8, 4) is 0 Å². The average molecular weight is 285 g/mol. The van der Waals surface area contributed by atoms with Gasteiger partial charge < -0.3 is 9.88 Å². The van der Waals surface area contributed by atoms with E-state index in [2.05, 4.69) is 20.9 Å². The molecule has 1 N–H and O–H groups in total. The molecule has 0 atom stereocenters. The van der Waals surface area contributed by atoms with Gasteiger partial charge in [0.05, 0.1) is 10.2 Å². The van der Waals surface area contributed by atoms with Gasteiger partial charge in [-0.15, -0.1) is 0 Å². The van der Waals surface area contributed by atoms with E-state index in [1.165, 1.54) is 13.0 Å². The summed E-state index contributed by atoms with van der Waals surface area (Å²) in [7, 11) is 3.72. The zero-order valence-electron chi connectivity index (χ0n) is 9.37. The number of carbonyl (C=O) groups is 1. The molecule has 0 saturated carbocycles. The quantitative estimate of drug-likeness (QED) is 0.863. The number of nitrogens with zero attached hydrogens (tertiary/aromatic N) is 1. The van der Waals surface area contributed by atoms with Crippen LogP contribution in [0.1, 0.15) is 23.0 Å². The average Bonchev–Trinajstić information content (AvgIpc) is 2.18. The Morgan fingerprint density at radius 1 is 1.50 bits per heavy atom. The van der Waals surface area contributed by atoms with Gasteiger partial charge in [0, 0.05) is 25.9 Å². The number of pyridine rings is 1. The van der Waals surface area contributed by atoms with E-state index < -0.39 is 0 Å². The normalized spacial score (nSPS) is 10.8. The van der Waals surface area contributed by atoms with Crippen LogP contribution in [0.4, 0.5) is 0 Å². The van der Waals surface area contributed by atoms with Gasteiger partial charge in [-0.3, -0.25) is 9.59 Å². The van der Waals surface area contributed by atoms with Gasteiger partial charge in [0.15, 0.2) is 5.78 Å². The first kappa shape index (κ1) is 12.7. The van der Waals surface area contributed by atoms with Crippen molar-refractivity contribution in [2.45, 2.75) is 6.92 Å². The number of aromatic nitrogens is 1. The van der Waals surface area contributed by atoms with E-state index in [-0.39, 0.29) is 11.3 Å². The third kappa shape index (κ3) is 3.06. The Labute approximate surface area is 102 Å². The lowest BCUT2D eigenvalue weighted by molar-refractivity contribution is 0.101. The van der Waals surface area contributed by atoms with Crippen molar-refractivity contribution in [1.82, 2.24) is 9.88 Å². The Balaban J connectivity index is 3.31. The maximum absolute atomic E-state index is 11.4. The molecule has 0 aliphatic carbocycles. The predicted octanol–water partition coefficient (Wildman–Crippen LogP) is 1.87. The fourth-order valence-electron chi connectivity index (χ4n) is 1.17. The third-order valence-corrected chi connectivity index (χ3v) is 2.53. The standard InChI is InChI=1S/C11H13BrN2O2/c1-7(15)8-6-9(12)11(16)13-10(8)4-5-14(2)3/h4-6H,1-3H3,(H,13,16)/b5-4+. The van der Waals surface area contributed by atoms with Gasteiger partial charge >= 0.3 is 0 Å². The summed E-state index contributed by atoms with van der Waals surface area (Å²) in [5, 5.41) is 0. The molecule has 16 heavy (non-hydrogen) atoms. The van der Waals surface area contributed by atoms with E-state index in [0.29, 0.717) is 15.7 Å². The molecule has 0 spiro atoms. The van der Waals surface area contributed by atoms with Crippen LogP contribution in [-0.2, 0) is 0 Å². The molecular weight excluding hydrogens is 272 g/mol. The van der Waals surface area contributed by atoms with E-state index >= 15 is 0 Å². The number of halogens is 1. The second-order valence-corrected chi connectivity index (χ2v) is 4.46. The number of carbonyl (C=O) groups excluding carboxylic acids is 1. The molecule has 1 heterocycles. The van der Waals surface area contributed by atoms with Gasteiger partial charge in [0.25, 0.3) is 5.56 Å². The van der Waals surface area contributed by atoms with Gasteiger partial charge in [-0.05, 0) is 35.0 Å². The molecule has 86 valence electrons. The molecular formula is C11H13BrN2O2. The Morgan fingerprint density at radius 3 is 2.62 bits per heavy atom. The fourth-order valence-corrected chi connectivity index (χ4v) is 1.49. The van der Waals surface area contributed by atoms with Crippen LogP contribution in [0.25, 0.3) is 6.08 Å². The number of nitrogens with one attached hydrogen (secondary N) is 1. The number of hydrogen-bond donors (Lipinski definition) is 1. The second kappa shape index (κ2) is 5.12. The van der Waals surface area contributed by atoms with Crippen molar-refractivity contribution < 1.29 is 4.79 Å².